The SMILES string of the molecule is CCOC(=O)c1nn(C)c2c1CCc1cnc(Nc3ccccc3NC(=O)[C@@H]3CCCN3C(=O)OCC3c4ccccc4-c4ccccc43)nc1-2.Cn1nc(C(N)=O)c2c1-c1nc(Nc3ccccc3NC(=O)[C@@H]3CCCN3)ncc1CC2. The van der Waals surface area contributed by atoms with E-state index in [0.717, 1.165) is 81.0 Å². The van der Waals surface area contributed by atoms with Gasteiger partial charge in [0.25, 0.3) is 5.91 Å². The van der Waals surface area contributed by atoms with Gasteiger partial charge < -0.3 is 41.8 Å². The van der Waals surface area contributed by atoms with E-state index in [1.165, 1.54) is 4.90 Å². The Balaban J connectivity index is 0.000000182. The molecule has 6 heterocycles. The molecule has 22 nitrogen and oxygen atoms in total. The third-order valence-electron chi connectivity index (χ3n) is 15.8. The Hall–Kier alpha value is -9.83. The minimum atomic E-state index is -0.675. The van der Waals surface area contributed by atoms with Crippen LogP contribution in [0.25, 0.3) is 33.9 Å². The molecule has 83 heavy (non-hydrogen) atoms. The largest absolute Gasteiger partial charge is 0.461 e. The summed E-state index contributed by atoms with van der Waals surface area (Å²) in [6.45, 7) is 3.51. The molecule has 0 unspecified atom stereocenters. The Morgan fingerprint density at radius 2 is 1.17 bits per heavy atom. The van der Waals surface area contributed by atoms with Crippen LogP contribution in [0.1, 0.15) is 92.9 Å². The van der Waals surface area contributed by atoms with E-state index >= 15 is 0 Å². The minimum absolute atomic E-state index is 0.0541. The predicted octanol–water partition coefficient (Wildman–Crippen LogP) is 7.76. The van der Waals surface area contributed by atoms with Crippen LogP contribution in [0.4, 0.5) is 39.4 Å². The van der Waals surface area contributed by atoms with Crippen LogP contribution in [0.5, 0.6) is 0 Å². The topological polar surface area (TPSA) is 280 Å². The molecule has 7 N–H and O–H groups in total. The number of anilines is 6. The van der Waals surface area contributed by atoms with Crippen LogP contribution in [-0.2, 0) is 58.8 Å². The maximum Gasteiger partial charge on any atom is 0.410 e. The molecule has 0 saturated carbocycles. The third kappa shape index (κ3) is 10.6. The molecule has 13 rings (SSSR count). The van der Waals surface area contributed by atoms with Crippen LogP contribution in [0.2, 0.25) is 0 Å². The Bertz CT molecular complexity index is 3820. The monoisotopic (exact) mass is 1120 g/mol. The molecule has 8 aromatic rings. The number of benzene rings is 4. The van der Waals surface area contributed by atoms with Gasteiger partial charge in [0, 0.05) is 50.1 Å². The normalized spacial score (nSPS) is 16.2. The van der Waals surface area contributed by atoms with Gasteiger partial charge in [-0.15, -0.1) is 0 Å². The minimum Gasteiger partial charge on any atom is -0.461 e. The highest BCUT2D eigenvalue weighted by atomic mass is 16.6. The highest BCUT2D eigenvalue weighted by Gasteiger charge is 2.38. The number of carbonyl (C=O) groups excluding carboxylic acids is 5. The summed E-state index contributed by atoms with van der Waals surface area (Å²) in [5.74, 6) is -0.700. The molecular formula is C61H61N15O7. The summed E-state index contributed by atoms with van der Waals surface area (Å²) in [5, 5.41) is 24.4. The molecule has 0 bridgehead atoms. The number of nitrogens with zero attached hydrogens (tertiary/aromatic N) is 9. The van der Waals surface area contributed by atoms with Gasteiger partial charge >= 0.3 is 12.1 Å². The molecule has 4 amide bonds. The zero-order valence-electron chi connectivity index (χ0n) is 46.1. The highest BCUT2D eigenvalue weighted by Crippen LogP contribution is 2.45. The molecule has 4 aromatic carbocycles. The molecule has 2 saturated heterocycles. The number of fused-ring (bicyclic) bond motifs is 9. The molecule has 2 fully saturated rings. The van der Waals surface area contributed by atoms with Crippen molar-refractivity contribution in [3.63, 3.8) is 0 Å². The molecule has 4 aromatic heterocycles. The van der Waals surface area contributed by atoms with Crippen LogP contribution in [0.15, 0.2) is 109 Å². The number of hydrogen-bond donors (Lipinski definition) is 6. The van der Waals surface area contributed by atoms with Gasteiger partial charge in [0.2, 0.25) is 23.7 Å². The Morgan fingerprint density at radius 3 is 1.72 bits per heavy atom. The Morgan fingerprint density at radius 1 is 0.639 bits per heavy atom. The van der Waals surface area contributed by atoms with Gasteiger partial charge in [0.05, 0.1) is 58.2 Å². The van der Waals surface area contributed by atoms with E-state index in [1.54, 1.807) is 48.8 Å². The first-order valence-corrected chi connectivity index (χ1v) is 27.9. The van der Waals surface area contributed by atoms with Gasteiger partial charge in [-0.1, -0.05) is 72.8 Å². The van der Waals surface area contributed by atoms with Crippen molar-refractivity contribution in [2.45, 2.75) is 76.3 Å². The summed E-state index contributed by atoms with van der Waals surface area (Å²) in [7, 11) is 3.56. The first-order valence-electron chi connectivity index (χ1n) is 27.9. The van der Waals surface area contributed by atoms with Gasteiger partial charge in [-0.3, -0.25) is 28.6 Å². The number of rotatable bonds is 13. The number of ether oxygens (including phenoxy) is 2. The standard InChI is InChI=1S/C39H37N7O5.C22H24N8O2/c1-3-50-37(48)34-28-19-18-23-21-40-38(43-33(23)35(28)45(2)44-34)42-31-16-9-8-15-30(31)41-36(47)32-17-10-20-46(32)39(49)51-22-29-26-13-6-4-11-24(26)25-12-5-7-14-27(25)29;1-30-19-13(18(29-30)20(23)31)9-8-12-11-25-22(28-17(12)19)27-15-6-3-2-5-14(15)26-21(32)16-7-4-10-24-16/h4-9,11-16,21,29,32H,3,10,17-20,22H2,1-2H3,(H,41,47)(H,40,42,43);2-3,5-6,11,16,24H,4,7-10H2,1H3,(H2,23,31)(H,26,32)(H,25,27,28)/t32-;16-/m00/s1. The summed E-state index contributed by atoms with van der Waals surface area (Å²) in [4.78, 5) is 84.2. The first-order chi connectivity index (χ1) is 40.4. The summed E-state index contributed by atoms with van der Waals surface area (Å²) in [6, 6.07) is 30.3. The van der Waals surface area contributed by atoms with Crippen LogP contribution >= 0.6 is 0 Å². The van der Waals surface area contributed by atoms with E-state index in [2.05, 4.69) is 71.0 Å². The van der Waals surface area contributed by atoms with Crippen molar-refractivity contribution in [2.24, 2.45) is 19.8 Å². The number of nitrogens with one attached hydrogen (secondary N) is 5. The molecule has 0 spiro atoms. The molecule has 2 aliphatic heterocycles. The number of aromatic nitrogens is 8. The molecule has 22 heteroatoms. The number of primary amides is 1. The molecule has 5 aliphatic rings. The molecule has 2 atom stereocenters. The second-order valence-corrected chi connectivity index (χ2v) is 20.9. The lowest BCUT2D eigenvalue weighted by molar-refractivity contribution is -0.120. The lowest BCUT2D eigenvalue weighted by Gasteiger charge is -2.25. The van der Waals surface area contributed by atoms with Crippen molar-refractivity contribution in [1.29, 1.82) is 0 Å². The highest BCUT2D eigenvalue weighted by molar-refractivity contribution is 6.00. The predicted molar refractivity (Wildman–Crippen MR) is 310 cm³/mol. The summed E-state index contributed by atoms with van der Waals surface area (Å²) in [6.07, 6.45) is 8.76. The average Bonchev–Trinajstić information content (AvgIpc) is 4.41. The van der Waals surface area contributed by atoms with E-state index in [4.69, 9.17) is 25.2 Å². The van der Waals surface area contributed by atoms with Crippen LogP contribution in [0, 0.1) is 0 Å². The zero-order valence-corrected chi connectivity index (χ0v) is 46.1. The van der Waals surface area contributed by atoms with Crippen molar-refractivity contribution in [3.05, 3.63) is 154 Å². The van der Waals surface area contributed by atoms with E-state index in [0.29, 0.717) is 91.1 Å². The second kappa shape index (κ2) is 23.0. The Labute approximate surface area is 477 Å². The van der Waals surface area contributed by atoms with Crippen LogP contribution in [-0.4, -0.2) is 113 Å². The van der Waals surface area contributed by atoms with E-state index in [-0.39, 0.29) is 42.7 Å². The zero-order chi connectivity index (χ0) is 57.3. The number of hydrogen-bond acceptors (Lipinski definition) is 16. The number of amides is 4. The fraction of sp³-hybridized carbons (Fsp3) is 0.295. The number of nitrogens with two attached hydrogens (primary N) is 1. The smallest absolute Gasteiger partial charge is 0.410 e. The Kier molecular flexibility index (Phi) is 14.9. The van der Waals surface area contributed by atoms with Gasteiger partial charge in [-0.05, 0) is 122 Å². The number of likely N-dealkylation sites (tertiary alicyclic amines) is 1. The van der Waals surface area contributed by atoms with Gasteiger partial charge in [-0.2, -0.15) is 10.2 Å². The lowest BCUT2D eigenvalue weighted by atomic mass is 9.93. The number of esters is 1. The number of para-hydroxylation sites is 4. The van der Waals surface area contributed by atoms with Gasteiger partial charge in [-0.25, -0.2) is 29.5 Å². The van der Waals surface area contributed by atoms with Crippen LogP contribution < -0.4 is 32.3 Å². The van der Waals surface area contributed by atoms with Gasteiger partial charge in [0.1, 0.15) is 12.6 Å². The fourth-order valence-electron chi connectivity index (χ4n) is 11.9. The van der Waals surface area contributed by atoms with Crippen molar-refractivity contribution < 1.29 is 33.4 Å². The molecule has 422 valence electrons. The maximum absolute atomic E-state index is 13.7. The average molecular weight is 1120 g/mol. The van der Waals surface area contributed by atoms with Crippen molar-refractivity contribution in [3.8, 4) is 33.9 Å². The lowest BCUT2D eigenvalue weighted by Crippen LogP contribution is -2.43. The molecule has 0 radical (unpaired) electrons. The summed E-state index contributed by atoms with van der Waals surface area (Å²) < 4.78 is 14.4. The van der Waals surface area contributed by atoms with E-state index in [1.807, 2.05) is 66.7 Å². The quantitative estimate of drug-likeness (QED) is 0.0602. The van der Waals surface area contributed by atoms with Crippen molar-refractivity contribution >= 4 is 64.4 Å². The van der Waals surface area contributed by atoms with E-state index in [9.17, 15) is 24.0 Å². The van der Waals surface area contributed by atoms with Crippen molar-refractivity contribution in [2.75, 3.05) is 47.6 Å². The van der Waals surface area contributed by atoms with Gasteiger partial charge in [0.15, 0.2) is 11.4 Å². The summed E-state index contributed by atoms with van der Waals surface area (Å²) >= 11 is 0. The van der Waals surface area contributed by atoms with Crippen LogP contribution in [0.3, 0.4) is 0 Å². The maximum atomic E-state index is 13.7. The second-order valence-electron chi connectivity index (χ2n) is 20.9. The molecule has 3 aliphatic carbocycles. The summed E-state index contributed by atoms with van der Waals surface area (Å²) in [5.41, 5.74) is 19.6. The molecular weight excluding hydrogens is 1050 g/mol. The van der Waals surface area contributed by atoms with E-state index < -0.39 is 24.0 Å². The van der Waals surface area contributed by atoms with Crippen molar-refractivity contribution in [1.82, 2.24) is 49.7 Å². The first kappa shape index (κ1) is 53.8. The number of carbonyl (C=O) groups is 5. The fourth-order valence-corrected chi connectivity index (χ4v) is 11.9. The third-order valence-corrected chi connectivity index (χ3v) is 15.8. The number of aryl methyl sites for hydroxylation is 4.